The molecule has 0 bridgehead atoms. The lowest BCUT2D eigenvalue weighted by atomic mass is 10.1. The maximum Gasteiger partial charge on any atom is 0.122 e. The molecule has 100 valence electrons. The smallest absolute Gasteiger partial charge is 0.122 e. The Morgan fingerprint density at radius 1 is 1.42 bits per heavy atom. The number of amidine groups is 1. The lowest BCUT2D eigenvalue weighted by Gasteiger charge is -2.15. The van der Waals surface area contributed by atoms with Gasteiger partial charge in [-0.15, -0.1) is 5.10 Å². The summed E-state index contributed by atoms with van der Waals surface area (Å²) in [6.07, 6.45) is 1.91. The standard InChI is InChI=1S/C13H18N6/c1-18(8-12-9-19(2)17-16-12)7-10-4-3-5-11(6-10)13(14)15/h3-6,9H,7-8H2,1-2H3,(H3,14,15). The highest BCUT2D eigenvalue weighted by atomic mass is 15.4. The molecule has 0 radical (unpaired) electrons. The van der Waals surface area contributed by atoms with Crippen molar-refractivity contribution in [1.29, 1.82) is 5.41 Å². The van der Waals surface area contributed by atoms with Gasteiger partial charge in [0.25, 0.3) is 0 Å². The zero-order valence-corrected chi connectivity index (χ0v) is 11.2. The van der Waals surface area contributed by atoms with Crippen LogP contribution in [0.2, 0.25) is 0 Å². The van der Waals surface area contributed by atoms with E-state index < -0.39 is 0 Å². The van der Waals surface area contributed by atoms with Gasteiger partial charge < -0.3 is 5.73 Å². The molecule has 19 heavy (non-hydrogen) atoms. The summed E-state index contributed by atoms with van der Waals surface area (Å²) in [6, 6.07) is 7.73. The molecule has 0 unspecified atom stereocenters. The van der Waals surface area contributed by atoms with E-state index in [9.17, 15) is 0 Å². The predicted molar refractivity (Wildman–Crippen MR) is 73.6 cm³/mol. The number of nitrogens with one attached hydrogen (secondary N) is 1. The fourth-order valence-electron chi connectivity index (χ4n) is 1.95. The van der Waals surface area contributed by atoms with Crippen molar-refractivity contribution < 1.29 is 0 Å². The molecule has 3 N–H and O–H groups in total. The molecule has 0 saturated carbocycles. The minimum Gasteiger partial charge on any atom is -0.384 e. The quantitative estimate of drug-likeness (QED) is 0.611. The highest BCUT2D eigenvalue weighted by molar-refractivity contribution is 5.95. The summed E-state index contributed by atoms with van der Waals surface area (Å²) >= 11 is 0. The molecular formula is C13H18N6. The van der Waals surface area contributed by atoms with Crippen molar-refractivity contribution in [3.63, 3.8) is 0 Å². The lowest BCUT2D eigenvalue weighted by molar-refractivity contribution is 0.315. The largest absolute Gasteiger partial charge is 0.384 e. The minimum atomic E-state index is 0.0958. The SMILES string of the molecule is CN(Cc1cccc(C(=N)N)c1)Cc1cn(C)nn1. The number of nitrogens with two attached hydrogens (primary N) is 1. The molecule has 6 heteroatoms. The average molecular weight is 258 g/mol. The van der Waals surface area contributed by atoms with E-state index in [0.717, 1.165) is 29.9 Å². The van der Waals surface area contributed by atoms with Gasteiger partial charge in [0.1, 0.15) is 5.84 Å². The molecule has 1 aromatic carbocycles. The summed E-state index contributed by atoms with van der Waals surface area (Å²) in [5, 5.41) is 15.4. The number of aromatic nitrogens is 3. The number of hydrogen-bond acceptors (Lipinski definition) is 4. The van der Waals surface area contributed by atoms with Crippen LogP contribution >= 0.6 is 0 Å². The van der Waals surface area contributed by atoms with Crippen LogP contribution in [0.3, 0.4) is 0 Å². The molecular weight excluding hydrogens is 240 g/mol. The number of hydrogen-bond donors (Lipinski definition) is 2. The summed E-state index contributed by atoms with van der Waals surface area (Å²) in [4.78, 5) is 2.14. The maximum absolute atomic E-state index is 7.44. The third-order valence-corrected chi connectivity index (χ3v) is 2.77. The Morgan fingerprint density at radius 3 is 2.84 bits per heavy atom. The third kappa shape index (κ3) is 3.62. The van der Waals surface area contributed by atoms with Crippen molar-refractivity contribution in [2.45, 2.75) is 13.1 Å². The topological polar surface area (TPSA) is 83.8 Å². The van der Waals surface area contributed by atoms with E-state index in [1.54, 1.807) is 4.68 Å². The van der Waals surface area contributed by atoms with Gasteiger partial charge in [0.2, 0.25) is 0 Å². The third-order valence-electron chi connectivity index (χ3n) is 2.77. The molecule has 0 amide bonds. The second-order valence-corrected chi connectivity index (χ2v) is 4.67. The Labute approximate surface area is 112 Å². The van der Waals surface area contributed by atoms with Gasteiger partial charge in [0, 0.05) is 31.9 Å². The highest BCUT2D eigenvalue weighted by Gasteiger charge is 2.06. The number of rotatable bonds is 5. The van der Waals surface area contributed by atoms with Crippen LogP contribution in [0.1, 0.15) is 16.8 Å². The molecule has 0 atom stereocenters. The Bertz CT molecular complexity index is 574. The second kappa shape index (κ2) is 5.62. The summed E-state index contributed by atoms with van der Waals surface area (Å²) in [5.41, 5.74) is 8.31. The molecule has 0 aliphatic carbocycles. The van der Waals surface area contributed by atoms with Gasteiger partial charge in [-0.1, -0.05) is 23.4 Å². The molecule has 1 aromatic heterocycles. The number of aryl methyl sites for hydroxylation is 1. The fraction of sp³-hybridized carbons (Fsp3) is 0.308. The van der Waals surface area contributed by atoms with Gasteiger partial charge in [0.05, 0.1) is 5.69 Å². The zero-order chi connectivity index (χ0) is 13.8. The number of nitrogen functional groups attached to an aromatic ring is 1. The summed E-state index contributed by atoms with van der Waals surface area (Å²) in [5.74, 6) is 0.0958. The van der Waals surface area contributed by atoms with Crippen LogP contribution in [0, 0.1) is 5.41 Å². The molecule has 0 aliphatic rings. The first-order valence-corrected chi connectivity index (χ1v) is 6.01. The second-order valence-electron chi connectivity index (χ2n) is 4.67. The van der Waals surface area contributed by atoms with Crippen molar-refractivity contribution in [3.8, 4) is 0 Å². The predicted octanol–water partition coefficient (Wildman–Crippen LogP) is 0.731. The Hall–Kier alpha value is -2.21. The molecule has 0 aliphatic heterocycles. The number of benzene rings is 1. The first-order valence-electron chi connectivity index (χ1n) is 6.01. The normalized spacial score (nSPS) is 10.9. The Balaban J connectivity index is 2.00. The molecule has 0 saturated heterocycles. The summed E-state index contributed by atoms with van der Waals surface area (Å²) in [7, 11) is 3.88. The summed E-state index contributed by atoms with van der Waals surface area (Å²) < 4.78 is 1.69. The van der Waals surface area contributed by atoms with Gasteiger partial charge in [-0.25, -0.2) is 0 Å². The van der Waals surface area contributed by atoms with Crippen molar-refractivity contribution >= 4 is 5.84 Å². The monoisotopic (exact) mass is 258 g/mol. The first-order chi connectivity index (χ1) is 9.04. The van der Waals surface area contributed by atoms with Crippen LogP contribution in [-0.4, -0.2) is 32.8 Å². The van der Waals surface area contributed by atoms with E-state index >= 15 is 0 Å². The molecule has 2 aromatic rings. The van der Waals surface area contributed by atoms with E-state index in [-0.39, 0.29) is 5.84 Å². The van der Waals surface area contributed by atoms with Crippen LogP contribution < -0.4 is 5.73 Å². The maximum atomic E-state index is 7.44. The van der Waals surface area contributed by atoms with Crippen LogP contribution in [0.4, 0.5) is 0 Å². The fourth-order valence-corrected chi connectivity index (χ4v) is 1.95. The average Bonchev–Trinajstić information content (AvgIpc) is 2.74. The van der Waals surface area contributed by atoms with Crippen LogP contribution in [0.5, 0.6) is 0 Å². The zero-order valence-electron chi connectivity index (χ0n) is 11.2. The molecule has 1 heterocycles. The lowest BCUT2D eigenvalue weighted by Crippen LogP contribution is -2.18. The summed E-state index contributed by atoms with van der Waals surface area (Å²) in [6.45, 7) is 1.51. The van der Waals surface area contributed by atoms with E-state index in [4.69, 9.17) is 11.1 Å². The van der Waals surface area contributed by atoms with Gasteiger partial charge in [0.15, 0.2) is 0 Å². The van der Waals surface area contributed by atoms with Crippen LogP contribution in [0.15, 0.2) is 30.5 Å². The van der Waals surface area contributed by atoms with Gasteiger partial charge >= 0.3 is 0 Å². The van der Waals surface area contributed by atoms with Crippen molar-refractivity contribution in [3.05, 3.63) is 47.3 Å². The first kappa shape index (κ1) is 13.2. The molecule has 0 spiro atoms. The molecule has 2 rings (SSSR count). The van der Waals surface area contributed by atoms with Crippen LogP contribution in [-0.2, 0) is 20.1 Å². The van der Waals surface area contributed by atoms with E-state index in [0.29, 0.717) is 0 Å². The van der Waals surface area contributed by atoms with Crippen molar-refractivity contribution in [1.82, 2.24) is 19.9 Å². The highest BCUT2D eigenvalue weighted by Crippen LogP contribution is 2.09. The molecule has 6 nitrogen and oxygen atoms in total. The molecule has 0 fully saturated rings. The van der Waals surface area contributed by atoms with E-state index in [2.05, 4.69) is 15.2 Å². The van der Waals surface area contributed by atoms with Gasteiger partial charge in [-0.2, -0.15) is 0 Å². The van der Waals surface area contributed by atoms with Gasteiger partial charge in [-0.05, 0) is 18.7 Å². The van der Waals surface area contributed by atoms with Crippen molar-refractivity contribution in [2.75, 3.05) is 7.05 Å². The van der Waals surface area contributed by atoms with Crippen molar-refractivity contribution in [2.24, 2.45) is 12.8 Å². The van der Waals surface area contributed by atoms with E-state index in [1.807, 2.05) is 44.6 Å². The Morgan fingerprint density at radius 2 is 2.21 bits per heavy atom. The minimum absolute atomic E-state index is 0.0958. The van der Waals surface area contributed by atoms with E-state index in [1.165, 1.54) is 0 Å². The Kier molecular flexibility index (Phi) is 3.91. The van der Waals surface area contributed by atoms with Gasteiger partial charge in [-0.3, -0.25) is 15.0 Å². The van der Waals surface area contributed by atoms with Crippen LogP contribution in [0.25, 0.3) is 0 Å². The number of nitrogens with zero attached hydrogens (tertiary/aromatic N) is 4.